The average molecular weight is 306 g/mol. The SMILES string of the molecule is CCOC(=O)N1[C@@H]2C3C4[C@@H]5CC[C@@H]4[C@H]([C@@H]25)[C@H]3N1C(=O)OCC. The van der Waals surface area contributed by atoms with E-state index in [9.17, 15) is 9.59 Å². The van der Waals surface area contributed by atoms with E-state index >= 15 is 0 Å². The van der Waals surface area contributed by atoms with Gasteiger partial charge in [0.25, 0.3) is 0 Å². The quantitative estimate of drug-likeness (QED) is 0.784. The highest BCUT2D eigenvalue weighted by molar-refractivity contribution is 5.77. The smallest absolute Gasteiger partial charge is 0.429 e. The molecular formula is C16H22N2O4. The highest BCUT2D eigenvalue weighted by Crippen LogP contribution is 2.78. The topological polar surface area (TPSA) is 59.1 Å². The predicted octanol–water partition coefficient (Wildman–Crippen LogP) is 2.10. The zero-order valence-corrected chi connectivity index (χ0v) is 13.0. The van der Waals surface area contributed by atoms with E-state index in [1.807, 2.05) is 0 Å². The molecule has 22 heavy (non-hydrogen) atoms. The fourth-order valence-corrected chi connectivity index (χ4v) is 7.00. The summed E-state index contributed by atoms with van der Waals surface area (Å²) in [5.41, 5.74) is 0. The van der Waals surface area contributed by atoms with Crippen LogP contribution >= 0.6 is 0 Å². The summed E-state index contributed by atoms with van der Waals surface area (Å²) in [6, 6.07) is 0.343. The van der Waals surface area contributed by atoms with Crippen LogP contribution in [0.3, 0.4) is 0 Å². The summed E-state index contributed by atoms with van der Waals surface area (Å²) < 4.78 is 10.5. The fraction of sp³-hybridized carbons (Fsp3) is 0.875. The van der Waals surface area contributed by atoms with Crippen molar-refractivity contribution in [1.82, 2.24) is 10.0 Å². The summed E-state index contributed by atoms with van der Waals surface area (Å²) in [6.07, 6.45) is 1.86. The van der Waals surface area contributed by atoms with E-state index in [1.165, 1.54) is 12.8 Å². The number of hydrazine groups is 1. The van der Waals surface area contributed by atoms with Crippen LogP contribution in [0.4, 0.5) is 9.59 Å². The first kappa shape index (κ1) is 13.0. The molecule has 0 N–H and O–H groups in total. The zero-order valence-electron chi connectivity index (χ0n) is 13.0. The molecule has 5 saturated carbocycles. The standard InChI is InChI=1S/C16H22N2O4/c1-3-21-15(19)17-13-10-7-5-6-8-9(7)12(13)14(11(8)10)18(17)16(20)22-4-2/h7-14H,3-6H2,1-2H3/t7-,8-,9?,10-,11+,12?,13-,14+/m0/s1. The molecule has 8 bridgehead atoms. The van der Waals surface area contributed by atoms with Crippen LogP contribution in [0.2, 0.25) is 0 Å². The van der Waals surface area contributed by atoms with Crippen molar-refractivity contribution in [3.63, 3.8) is 0 Å². The van der Waals surface area contributed by atoms with Crippen LogP contribution in [0.5, 0.6) is 0 Å². The maximum absolute atomic E-state index is 12.5. The van der Waals surface area contributed by atoms with Crippen LogP contribution < -0.4 is 0 Å². The molecule has 8 atom stereocenters. The number of nitrogens with zero attached hydrogens (tertiary/aromatic N) is 2. The van der Waals surface area contributed by atoms with Crippen LogP contribution in [-0.2, 0) is 9.47 Å². The van der Waals surface area contributed by atoms with Gasteiger partial charge >= 0.3 is 12.2 Å². The molecule has 0 spiro atoms. The van der Waals surface area contributed by atoms with E-state index in [-0.39, 0.29) is 24.3 Å². The van der Waals surface area contributed by atoms with E-state index < -0.39 is 0 Å². The third-order valence-electron chi connectivity index (χ3n) is 6.98. The van der Waals surface area contributed by atoms with Crippen LogP contribution in [-0.4, -0.2) is 47.5 Å². The highest BCUT2D eigenvalue weighted by atomic mass is 16.6. The average Bonchev–Trinajstić information content (AvgIpc) is 3.27. The van der Waals surface area contributed by atoms with Crippen molar-refractivity contribution >= 4 is 12.2 Å². The van der Waals surface area contributed by atoms with E-state index in [4.69, 9.17) is 9.47 Å². The van der Waals surface area contributed by atoms with Crippen LogP contribution in [0, 0.1) is 35.5 Å². The molecule has 6 heteroatoms. The molecule has 6 nitrogen and oxygen atoms in total. The van der Waals surface area contributed by atoms with Gasteiger partial charge in [0.05, 0.1) is 25.3 Å². The molecule has 1 saturated heterocycles. The molecule has 0 radical (unpaired) electrons. The lowest BCUT2D eigenvalue weighted by Crippen LogP contribution is -2.59. The Kier molecular flexibility index (Phi) is 2.42. The van der Waals surface area contributed by atoms with Crippen LogP contribution in [0.1, 0.15) is 26.7 Å². The monoisotopic (exact) mass is 306 g/mol. The van der Waals surface area contributed by atoms with Gasteiger partial charge in [-0.15, -0.1) is 0 Å². The number of rotatable bonds is 2. The Morgan fingerprint density at radius 1 is 0.818 bits per heavy atom. The summed E-state index contributed by atoms with van der Waals surface area (Å²) in [7, 11) is 0. The molecule has 120 valence electrons. The first-order valence-electron chi connectivity index (χ1n) is 8.62. The van der Waals surface area contributed by atoms with Gasteiger partial charge in [0.2, 0.25) is 0 Å². The molecule has 0 aromatic heterocycles. The lowest BCUT2D eigenvalue weighted by molar-refractivity contribution is -0.0827. The minimum Gasteiger partial charge on any atom is -0.448 e. The van der Waals surface area contributed by atoms with E-state index in [2.05, 4.69) is 0 Å². The Morgan fingerprint density at radius 2 is 1.27 bits per heavy atom. The Bertz CT molecular complexity index is 506. The van der Waals surface area contributed by atoms with Gasteiger partial charge in [-0.3, -0.25) is 0 Å². The molecule has 0 aromatic carbocycles. The van der Waals surface area contributed by atoms with Gasteiger partial charge in [0, 0.05) is 5.92 Å². The first-order chi connectivity index (χ1) is 10.7. The number of ether oxygens (including phenoxy) is 2. The van der Waals surface area contributed by atoms with Crippen LogP contribution in [0.25, 0.3) is 0 Å². The Hall–Kier alpha value is -1.46. The summed E-state index contributed by atoms with van der Waals surface area (Å²) in [6.45, 7) is 4.26. The molecule has 5 aliphatic carbocycles. The minimum atomic E-state index is -0.380. The molecule has 6 rings (SSSR count). The second-order valence-electron chi connectivity index (χ2n) is 7.28. The fourth-order valence-electron chi connectivity index (χ4n) is 7.00. The third-order valence-corrected chi connectivity index (χ3v) is 6.98. The van der Waals surface area contributed by atoms with Crippen LogP contribution in [0.15, 0.2) is 0 Å². The van der Waals surface area contributed by atoms with E-state index in [0.29, 0.717) is 31.0 Å². The summed E-state index contributed by atoms with van der Waals surface area (Å²) in [5, 5.41) is 3.24. The number of carbonyl (C=O) groups excluding carboxylic acids is 2. The highest BCUT2D eigenvalue weighted by Gasteiger charge is 2.83. The van der Waals surface area contributed by atoms with Gasteiger partial charge in [-0.05, 0) is 56.3 Å². The lowest BCUT2D eigenvalue weighted by Gasteiger charge is -2.45. The second-order valence-corrected chi connectivity index (χ2v) is 7.28. The van der Waals surface area contributed by atoms with Crippen molar-refractivity contribution in [2.24, 2.45) is 35.5 Å². The number of hydrogen-bond donors (Lipinski definition) is 0. The molecule has 0 aromatic rings. The van der Waals surface area contributed by atoms with Crippen molar-refractivity contribution in [3.8, 4) is 0 Å². The number of amides is 2. The zero-order chi connectivity index (χ0) is 15.2. The molecule has 2 amide bonds. The van der Waals surface area contributed by atoms with Crippen molar-refractivity contribution in [3.05, 3.63) is 0 Å². The molecule has 2 unspecified atom stereocenters. The Labute approximate surface area is 129 Å². The third kappa shape index (κ3) is 1.18. The minimum absolute atomic E-state index is 0.171. The summed E-state index contributed by atoms with van der Waals surface area (Å²) >= 11 is 0. The maximum atomic E-state index is 12.5. The van der Waals surface area contributed by atoms with Gasteiger partial charge in [0.1, 0.15) is 0 Å². The van der Waals surface area contributed by atoms with Gasteiger partial charge in [-0.25, -0.2) is 19.6 Å². The Balaban J connectivity index is 1.52. The number of hydrogen-bond acceptors (Lipinski definition) is 4. The van der Waals surface area contributed by atoms with Gasteiger partial charge in [0.15, 0.2) is 0 Å². The lowest BCUT2D eigenvalue weighted by atomic mass is 9.78. The van der Waals surface area contributed by atoms with Gasteiger partial charge < -0.3 is 9.47 Å². The first-order valence-corrected chi connectivity index (χ1v) is 8.62. The van der Waals surface area contributed by atoms with E-state index in [1.54, 1.807) is 23.9 Å². The molecule has 6 fully saturated rings. The maximum Gasteiger partial charge on any atom is 0.429 e. The van der Waals surface area contributed by atoms with Gasteiger partial charge in [-0.2, -0.15) is 0 Å². The predicted molar refractivity (Wildman–Crippen MR) is 75.5 cm³/mol. The largest absolute Gasteiger partial charge is 0.448 e. The van der Waals surface area contributed by atoms with Crippen molar-refractivity contribution in [1.29, 1.82) is 0 Å². The van der Waals surface area contributed by atoms with Gasteiger partial charge in [-0.1, -0.05) is 0 Å². The second kappa shape index (κ2) is 4.09. The van der Waals surface area contributed by atoms with E-state index in [0.717, 1.165) is 17.8 Å². The Morgan fingerprint density at radius 3 is 1.68 bits per heavy atom. The number of carbonyl (C=O) groups is 2. The van der Waals surface area contributed by atoms with Crippen molar-refractivity contribution in [2.75, 3.05) is 13.2 Å². The summed E-state index contributed by atoms with van der Waals surface area (Å²) in [4.78, 5) is 24.9. The summed E-state index contributed by atoms with van der Waals surface area (Å²) in [5.74, 6) is 3.93. The van der Waals surface area contributed by atoms with Crippen molar-refractivity contribution in [2.45, 2.75) is 38.8 Å². The van der Waals surface area contributed by atoms with Crippen molar-refractivity contribution < 1.29 is 19.1 Å². The normalized spacial score (nSPS) is 48.6. The molecular weight excluding hydrogens is 284 g/mol. The molecule has 1 heterocycles. The molecule has 1 aliphatic heterocycles. The molecule has 6 aliphatic rings.